The van der Waals surface area contributed by atoms with Crippen molar-refractivity contribution in [2.45, 2.75) is 45.7 Å². The molecule has 1 aliphatic carbocycles. The van der Waals surface area contributed by atoms with Gasteiger partial charge in [-0.1, -0.05) is 17.7 Å². The first-order valence-corrected chi connectivity index (χ1v) is 9.41. The first-order valence-electron chi connectivity index (χ1n) is 9.03. The van der Waals surface area contributed by atoms with Gasteiger partial charge in [0.05, 0.1) is 0 Å². The fourth-order valence-electron chi connectivity index (χ4n) is 3.95. The Labute approximate surface area is 158 Å². The lowest BCUT2D eigenvalue weighted by molar-refractivity contribution is -0.132. The van der Waals surface area contributed by atoms with Gasteiger partial charge in [0.2, 0.25) is 5.91 Å². The van der Waals surface area contributed by atoms with Crippen molar-refractivity contribution in [3.05, 3.63) is 51.4 Å². The molecule has 6 heteroatoms. The monoisotopic (exact) mass is 370 g/mol. The van der Waals surface area contributed by atoms with Gasteiger partial charge in [0.25, 0.3) is 0 Å². The van der Waals surface area contributed by atoms with E-state index in [0.29, 0.717) is 36.5 Å². The Balaban J connectivity index is 1.43. The minimum atomic E-state index is 0.231. The van der Waals surface area contributed by atoms with Crippen LogP contribution in [0.5, 0.6) is 0 Å². The van der Waals surface area contributed by atoms with Gasteiger partial charge < -0.3 is 10.2 Å². The standard InChI is InChI=1S/C20H23ClN4O/c1-11-12(2)24-20(22-3)17-10-25(9-16(11)17)19(26)7-14-6-15(14)13-4-5-18(21)23-8-13/h4-5,8,14-15H,6-7,9-10H2,1-3H3,(H,22,24)/t14-,15-/m0/s1. The van der Waals surface area contributed by atoms with Crippen molar-refractivity contribution >= 4 is 23.3 Å². The molecule has 2 aromatic heterocycles. The Bertz CT molecular complexity index is 865. The third-order valence-corrected chi connectivity index (χ3v) is 5.97. The Morgan fingerprint density at radius 3 is 2.77 bits per heavy atom. The highest BCUT2D eigenvalue weighted by Crippen LogP contribution is 2.50. The van der Waals surface area contributed by atoms with Gasteiger partial charge in [-0.25, -0.2) is 9.97 Å². The summed E-state index contributed by atoms with van der Waals surface area (Å²) in [4.78, 5) is 23.6. The molecule has 0 bridgehead atoms. The van der Waals surface area contributed by atoms with Gasteiger partial charge in [-0.05, 0) is 54.9 Å². The van der Waals surface area contributed by atoms with Crippen LogP contribution < -0.4 is 5.32 Å². The molecule has 0 unspecified atom stereocenters. The second-order valence-electron chi connectivity index (χ2n) is 7.35. The average Bonchev–Trinajstić information content (AvgIpc) is 3.24. The molecule has 0 aromatic carbocycles. The quantitative estimate of drug-likeness (QED) is 0.831. The molecule has 1 fully saturated rings. The number of carbonyl (C=O) groups is 1. The number of anilines is 1. The highest BCUT2D eigenvalue weighted by Gasteiger charge is 2.41. The zero-order chi connectivity index (χ0) is 18.4. The minimum absolute atomic E-state index is 0.231. The van der Waals surface area contributed by atoms with E-state index in [1.807, 2.05) is 37.2 Å². The van der Waals surface area contributed by atoms with Gasteiger partial charge in [-0.2, -0.15) is 0 Å². The lowest BCUT2D eigenvalue weighted by atomic mass is 10.0. The molecule has 1 N–H and O–H groups in total. The van der Waals surface area contributed by atoms with E-state index < -0.39 is 0 Å². The summed E-state index contributed by atoms with van der Waals surface area (Å²) in [6, 6.07) is 3.84. The number of hydrogen-bond donors (Lipinski definition) is 1. The van der Waals surface area contributed by atoms with E-state index in [1.165, 1.54) is 16.7 Å². The van der Waals surface area contributed by atoms with Gasteiger partial charge in [-0.3, -0.25) is 4.79 Å². The van der Waals surface area contributed by atoms with Crippen LogP contribution in [0.3, 0.4) is 0 Å². The molecule has 1 aliphatic heterocycles. The Hall–Kier alpha value is -2.14. The lowest BCUT2D eigenvalue weighted by Gasteiger charge is -2.15. The summed E-state index contributed by atoms with van der Waals surface area (Å²) in [5.41, 5.74) is 5.83. The van der Waals surface area contributed by atoms with E-state index in [4.69, 9.17) is 11.6 Å². The number of carbonyl (C=O) groups excluding carboxylic acids is 1. The highest BCUT2D eigenvalue weighted by atomic mass is 35.5. The van der Waals surface area contributed by atoms with E-state index >= 15 is 0 Å². The lowest BCUT2D eigenvalue weighted by Crippen LogP contribution is -2.25. The molecule has 2 atom stereocenters. The minimum Gasteiger partial charge on any atom is -0.373 e. The number of hydrogen-bond acceptors (Lipinski definition) is 4. The normalized spacial score (nSPS) is 20.8. The molecule has 3 heterocycles. The molecule has 2 aliphatic rings. The maximum Gasteiger partial charge on any atom is 0.223 e. The van der Waals surface area contributed by atoms with Crippen molar-refractivity contribution in [2.24, 2.45) is 5.92 Å². The maximum absolute atomic E-state index is 12.8. The third-order valence-electron chi connectivity index (χ3n) is 5.75. The van der Waals surface area contributed by atoms with Crippen molar-refractivity contribution in [3.63, 3.8) is 0 Å². The summed E-state index contributed by atoms with van der Waals surface area (Å²) in [7, 11) is 1.89. The van der Waals surface area contributed by atoms with E-state index in [-0.39, 0.29) is 5.91 Å². The number of fused-ring (bicyclic) bond motifs is 1. The highest BCUT2D eigenvalue weighted by molar-refractivity contribution is 6.29. The van der Waals surface area contributed by atoms with Crippen LogP contribution in [0.4, 0.5) is 5.82 Å². The van der Waals surface area contributed by atoms with Crippen molar-refractivity contribution in [1.29, 1.82) is 0 Å². The zero-order valence-corrected chi connectivity index (χ0v) is 16.1. The number of pyridine rings is 2. The molecule has 2 aromatic rings. The van der Waals surface area contributed by atoms with Crippen LogP contribution >= 0.6 is 11.6 Å². The zero-order valence-electron chi connectivity index (χ0n) is 15.3. The summed E-state index contributed by atoms with van der Waals surface area (Å²) in [6.45, 7) is 5.46. The van der Waals surface area contributed by atoms with Crippen molar-refractivity contribution in [3.8, 4) is 0 Å². The second kappa shape index (κ2) is 6.54. The van der Waals surface area contributed by atoms with Crippen LogP contribution in [-0.2, 0) is 17.9 Å². The van der Waals surface area contributed by atoms with Crippen molar-refractivity contribution in [2.75, 3.05) is 12.4 Å². The summed E-state index contributed by atoms with van der Waals surface area (Å²) >= 11 is 5.85. The van der Waals surface area contributed by atoms with E-state index in [0.717, 1.165) is 23.5 Å². The number of halogens is 1. The Kier molecular flexibility index (Phi) is 4.35. The molecule has 1 amide bonds. The molecular weight excluding hydrogens is 348 g/mol. The first kappa shape index (κ1) is 17.3. The maximum atomic E-state index is 12.8. The van der Waals surface area contributed by atoms with Crippen molar-refractivity contribution in [1.82, 2.24) is 14.9 Å². The van der Waals surface area contributed by atoms with Gasteiger partial charge in [0.15, 0.2) is 0 Å². The van der Waals surface area contributed by atoms with Crippen LogP contribution in [0, 0.1) is 19.8 Å². The van der Waals surface area contributed by atoms with Gasteiger partial charge in [0, 0.05) is 44.0 Å². The fourth-order valence-corrected chi connectivity index (χ4v) is 4.06. The van der Waals surface area contributed by atoms with Crippen LogP contribution in [-0.4, -0.2) is 27.8 Å². The van der Waals surface area contributed by atoms with Crippen LogP contribution in [0.15, 0.2) is 18.3 Å². The number of amides is 1. The predicted octanol–water partition coefficient (Wildman–Crippen LogP) is 3.82. The predicted molar refractivity (Wildman–Crippen MR) is 102 cm³/mol. The molecule has 0 spiro atoms. The molecule has 1 saturated carbocycles. The fraction of sp³-hybridized carbons (Fsp3) is 0.450. The molecular formula is C20H23ClN4O. The summed E-state index contributed by atoms with van der Waals surface area (Å²) < 4.78 is 0. The largest absolute Gasteiger partial charge is 0.373 e. The third kappa shape index (κ3) is 3.05. The number of rotatable bonds is 4. The molecule has 4 rings (SSSR count). The molecule has 26 heavy (non-hydrogen) atoms. The number of nitrogens with one attached hydrogen (secondary N) is 1. The number of aryl methyl sites for hydroxylation is 1. The van der Waals surface area contributed by atoms with Crippen LogP contribution in [0.2, 0.25) is 5.15 Å². The number of aromatic nitrogens is 2. The van der Waals surface area contributed by atoms with Gasteiger partial charge >= 0.3 is 0 Å². The Morgan fingerprint density at radius 1 is 1.31 bits per heavy atom. The van der Waals surface area contributed by atoms with Crippen molar-refractivity contribution < 1.29 is 4.79 Å². The smallest absolute Gasteiger partial charge is 0.223 e. The molecule has 0 saturated heterocycles. The van der Waals surface area contributed by atoms with Crippen LogP contribution in [0.25, 0.3) is 0 Å². The summed E-state index contributed by atoms with van der Waals surface area (Å²) in [6.07, 6.45) is 3.49. The topological polar surface area (TPSA) is 58.1 Å². The molecule has 5 nitrogen and oxygen atoms in total. The molecule has 136 valence electrons. The second-order valence-corrected chi connectivity index (χ2v) is 7.74. The van der Waals surface area contributed by atoms with E-state index in [2.05, 4.69) is 22.2 Å². The van der Waals surface area contributed by atoms with E-state index in [1.54, 1.807) is 0 Å². The summed E-state index contributed by atoms with van der Waals surface area (Å²) in [5, 5.41) is 3.68. The Morgan fingerprint density at radius 2 is 2.08 bits per heavy atom. The van der Waals surface area contributed by atoms with Crippen LogP contribution in [0.1, 0.15) is 46.7 Å². The first-order chi connectivity index (χ1) is 12.5. The SMILES string of the molecule is CNc1nc(C)c(C)c2c1CN(C(=O)C[C@@H]1C[C@H]1c1ccc(Cl)nc1)C2. The average molecular weight is 371 g/mol. The molecule has 0 radical (unpaired) electrons. The summed E-state index contributed by atoms with van der Waals surface area (Å²) in [5.74, 6) is 1.98. The number of nitrogens with zero attached hydrogens (tertiary/aromatic N) is 3. The van der Waals surface area contributed by atoms with Gasteiger partial charge in [0.1, 0.15) is 11.0 Å². The van der Waals surface area contributed by atoms with E-state index in [9.17, 15) is 4.79 Å². The van der Waals surface area contributed by atoms with Gasteiger partial charge in [-0.15, -0.1) is 0 Å².